The highest BCUT2D eigenvalue weighted by atomic mass is 16.2. The number of hydrazine groups is 1. The zero-order chi connectivity index (χ0) is 15.2. The Hall–Kier alpha value is -1.89. The van der Waals surface area contributed by atoms with Crippen molar-refractivity contribution < 1.29 is 4.79 Å². The highest BCUT2D eigenvalue weighted by Gasteiger charge is 2.16. The van der Waals surface area contributed by atoms with Crippen molar-refractivity contribution in [3.63, 3.8) is 0 Å². The predicted octanol–water partition coefficient (Wildman–Crippen LogP) is 0.250. The first-order chi connectivity index (χ1) is 10.1. The summed E-state index contributed by atoms with van der Waals surface area (Å²) >= 11 is 0. The average Bonchev–Trinajstić information content (AvgIpc) is 2.49. The van der Waals surface area contributed by atoms with Crippen LogP contribution in [0.3, 0.4) is 0 Å². The number of aryl methyl sites for hydroxylation is 1. The molecule has 1 aromatic heterocycles. The molecule has 1 aromatic rings. The van der Waals surface area contributed by atoms with Crippen LogP contribution in [0.5, 0.6) is 0 Å². The van der Waals surface area contributed by atoms with Crippen molar-refractivity contribution in [1.82, 2.24) is 15.2 Å². The summed E-state index contributed by atoms with van der Waals surface area (Å²) < 4.78 is 1.39. The van der Waals surface area contributed by atoms with Crippen LogP contribution >= 0.6 is 0 Å². The van der Waals surface area contributed by atoms with Crippen molar-refractivity contribution >= 4 is 11.6 Å². The SMILES string of the molecule is CC1CCN(c2cnn(CCCC(=O)NN)c(=O)c2)CC1. The van der Waals surface area contributed by atoms with Crippen LogP contribution in [0.15, 0.2) is 17.1 Å². The van der Waals surface area contributed by atoms with Crippen LogP contribution in [0.1, 0.15) is 32.6 Å². The molecule has 1 aliphatic rings. The molecule has 1 fully saturated rings. The maximum absolute atomic E-state index is 12.0. The van der Waals surface area contributed by atoms with Crippen LogP contribution in [-0.4, -0.2) is 28.8 Å². The van der Waals surface area contributed by atoms with E-state index < -0.39 is 0 Å². The molecule has 1 amide bonds. The third kappa shape index (κ3) is 4.29. The van der Waals surface area contributed by atoms with E-state index in [4.69, 9.17) is 5.84 Å². The van der Waals surface area contributed by atoms with Crippen LogP contribution < -0.4 is 21.7 Å². The lowest BCUT2D eigenvalue weighted by Crippen LogP contribution is -2.34. The minimum atomic E-state index is -0.234. The van der Waals surface area contributed by atoms with Gasteiger partial charge in [-0.15, -0.1) is 0 Å². The molecule has 7 nitrogen and oxygen atoms in total. The molecule has 2 rings (SSSR count). The lowest BCUT2D eigenvalue weighted by atomic mass is 9.99. The van der Waals surface area contributed by atoms with E-state index in [1.54, 1.807) is 12.3 Å². The normalized spacial score (nSPS) is 16.0. The maximum Gasteiger partial charge on any atom is 0.268 e. The highest BCUT2D eigenvalue weighted by molar-refractivity contribution is 5.75. The minimum absolute atomic E-state index is 0.126. The zero-order valence-corrected chi connectivity index (χ0v) is 12.4. The second-order valence-electron chi connectivity index (χ2n) is 5.62. The molecule has 0 aromatic carbocycles. The maximum atomic E-state index is 12.0. The smallest absolute Gasteiger partial charge is 0.268 e. The van der Waals surface area contributed by atoms with E-state index in [0.29, 0.717) is 13.0 Å². The third-order valence-corrected chi connectivity index (χ3v) is 3.94. The minimum Gasteiger partial charge on any atom is -0.370 e. The van der Waals surface area contributed by atoms with Gasteiger partial charge in [0.1, 0.15) is 0 Å². The van der Waals surface area contributed by atoms with Crippen molar-refractivity contribution in [2.24, 2.45) is 11.8 Å². The van der Waals surface area contributed by atoms with E-state index in [1.807, 2.05) is 0 Å². The number of nitrogens with one attached hydrogen (secondary N) is 1. The van der Waals surface area contributed by atoms with Crippen molar-refractivity contribution in [3.05, 3.63) is 22.6 Å². The Bertz CT molecular complexity index is 534. The number of nitrogens with two attached hydrogens (primary N) is 1. The van der Waals surface area contributed by atoms with E-state index in [0.717, 1.165) is 37.5 Å². The second kappa shape index (κ2) is 7.21. The molecule has 2 heterocycles. The molecule has 0 atom stereocenters. The Morgan fingerprint density at radius 2 is 2.19 bits per heavy atom. The molecule has 0 aliphatic carbocycles. The Morgan fingerprint density at radius 1 is 1.48 bits per heavy atom. The summed E-state index contributed by atoms with van der Waals surface area (Å²) in [5.41, 5.74) is 2.83. The first-order valence-electron chi connectivity index (χ1n) is 7.41. The number of hydrogen-bond acceptors (Lipinski definition) is 5. The summed E-state index contributed by atoms with van der Waals surface area (Å²) in [6.07, 6.45) is 4.86. The standard InChI is InChI=1S/C14H23N5O2/c1-11-4-7-18(8-5-11)12-9-14(21)19(16-10-12)6-2-3-13(20)17-15/h9-11H,2-8,15H2,1H3,(H,17,20). The average molecular weight is 293 g/mol. The molecule has 0 bridgehead atoms. The quantitative estimate of drug-likeness (QED) is 0.461. The number of nitrogens with zero attached hydrogens (tertiary/aromatic N) is 3. The lowest BCUT2D eigenvalue weighted by Gasteiger charge is -2.31. The Morgan fingerprint density at radius 3 is 2.81 bits per heavy atom. The zero-order valence-electron chi connectivity index (χ0n) is 12.4. The summed E-state index contributed by atoms with van der Waals surface area (Å²) in [5, 5.41) is 4.19. The van der Waals surface area contributed by atoms with Gasteiger partial charge in [0, 0.05) is 32.1 Å². The fourth-order valence-electron chi connectivity index (χ4n) is 2.49. The van der Waals surface area contributed by atoms with Gasteiger partial charge in [-0.3, -0.25) is 15.0 Å². The van der Waals surface area contributed by atoms with Gasteiger partial charge in [0.2, 0.25) is 5.91 Å². The van der Waals surface area contributed by atoms with Crippen molar-refractivity contribution in [2.45, 2.75) is 39.2 Å². The molecule has 7 heteroatoms. The molecule has 1 saturated heterocycles. The number of piperidine rings is 1. The van der Waals surface area contributed by atoms with Gasteiger partial charge in [-0.2, -0.15) is 5.10 Å². The monoisotopic (exact) mass is 293 g/mol. The van der Waals surface area contributed by atoms with Gasteiger partial charge in [-0.1, -0.05) is 6.92 Å². The number of anilines is 1. The number of aromatic nitrogens is 2. The van der Waals surface area contributed by atoms with Gasteiger partial charge in [0.25, 0.3) is 5.56 Å². The van der Waals surface area contributed by atoms with Gasteiger partial charge in [-0.05, 0) is 25.2 Å². The molecule has 1 aliphatic heterocycles. The number of hydrogen-bond donors (Lipinski definition) is 2. The van der Waals surface area contributed by atoms with Crippen LogP contribution in [-0.2, 0) is 11.3 Å². The first kappa shape index (κ1) is 15.5. The first-order valence-corrected chi connectivity index (χ1v) is 7.41. The number of carbonyl (C=O) groups excluding carboxylic acids is 1. The van der Waals surface area contributed by atoms with E-state index >= 15 is 0 Å². The lowest BCUT2D eigenvalue weighted by molar-refractivity contribution is -0.121. The van der Waals surface area contributed by atoms with E-state index in [1.165, 1.54) is 4.68 Å². The molecule has 0 unspecified atom stereocenters. The molecule has 21 heavy (non-hydrogen) atoms. The van der Waals surface area contributed by atoms with Crippen molar-refractivity contribution in [1.29, 1.82) is 0 Å². The van der Waals surface area contributed by atoms with Crippen LogP contribution in [0, 0.1) is 5.92 Å². The third-order valence-electron chi connectivity index (χ3n) is 3.94. The van der Waals surface area contributed by atoms with Gasteiger partial charge in [0.05, 0.1) is 11.9 Å². The molecule has 116 valence electrons. The summed E-state index contributed by atoms with van der Waals surface area (Å²) in [6, 6.07) is 1.63. The van der Waals surface area contributed by atoms with Crippen molar-refractivity contribution in [3.8, 4) is 0 Å². The molecule has 3 N–H and O–H groups in total. The molecular weight excluding hydrogens is 270 g/mol. The molecular formula is C14H23N5O2. The molecule has 0 saturated carbocycles. The summed E-state index contributed by atoms with van der Waals surface area (Å²) in [5.74, 6) is 5.52. The van der Waals surface area contributed by atoms with E-state index in [9.17, 15) is 9.59 Å². The van der Waals surface area contributed by atoms with Crippen LogP contribution in [0.4, 0.5) is 5.69 Å². The van der Waals surface area contributed by atoms with Crippen LogP contribution in [0.25, 0.3) is 0 Å². The Balaban J connectivity index is 1.94. The number of rotatable bonds is 5. The Labute approximate surface area is 124 Å². The van der Waals surface area contributed by atoms with Crippen LogP contribution in [0.2, 0.25) is 0 Å². The fourth-order valence-corrected chi connectivity index (χ4v) is 2.49. The molecule has 0 spiro atoms. The second-order valence-corrected chi connectivity index (χ2v) is 5.62. The van der Waals surface area contributed by atoms with E-state index in [2.05, 4.69) is 22.3 Å². The van der Waals surface area contributed by atoms with Gasteiger partial charge in [-0.25, -0.2) is 10.5 Å². The predicted molar refractivity (Wildman–Crippen MR) is 80.7 cm³/mol. The van der Waals surface area contributed by atoms with Gasteiger partial charge in [0.15, 0.2) is 0 Å². The summed E-state index contributed by atoms with van der Waals surface area (Å²) in [7, 11) is 0. The largest absolute Gasteiger partial charge is 0.370 e. The van der Waals surface area contributed by atoms with Crippen molar-refractivity contribution in [2.75, 3.05) is 18.0 Å². The summed E-state index contributed by atoms with van der Waals surface area (Å²) in [4.78, 5) is 25.3. The topological polar surface area (TPSA) is 93.2 Å². The van der Waals surface area contributed by atoms with Gasteiger partial charge < -0.3 is 4.90 Å². The van der Waals surface area contributed by atoms with Gasteiger partial charge >= 0.3 is 0 Å². The highest BCUT2D eigenvalue weighted by Crippen LogP contribution is 2.20. The number of amides is 1. The Kier molecular flexibility index (Phi) is 5.32. The molecule has 0 radical (unpaired) electrons. The number of carbonyl (C=O) groups is 1. The van der Waals surface area contributed by atoms with E-state index in [-0.39, 0.29) is 17.9 Å². The fraction of sp³-hybridized carbons (Fsp3) is 0.643. The summed E-state index contributed by atoms with van der Waals surface area (Å²) in [6.45, 7) is 4.63.